The lowest BCUT2D eigenvalue weighted by Gasteiger charge is -2.07. The molecular weight excluding hydrogens is 161 g/mol. The molecule has 0 aliphatic rings. The Labute approximate surface area is 56.3 Å². The molecule has 0 radical (unpaired) electrons. The summed E-state index contributed by atoms with van der Waals surface area (Å²) in [4.78, 5) is 0. The van der Waals surface area contributed by atoms with Gasteiger partial charge in [-0.3, -0.25) is 0 Å². The van der Waals surface area contributed by atoms with Crippen molar-refractivity contribution in [3.63, 3.8) is 0 Å². The highest BCUT2D eigenvalue weighted by Crippen LogP contribution is 2.23. The second-order valence-electron chi connectivity index (χ2n) is 1.38. The molecule has 50 valence electrons. The molecule has 3 unspecified atom stereocenters. The predicted octanol–water partition coefficient (Wildman–Crippen LogP) is 1.58. The van der Waals surface area contributed by atoms with Gasteiger partial charge in [-0.15, -0.1) is 0 Å². The lowest BCUT2D eigenvalue weighted by Crippen LogP contribution is -2.07. The smallest absolute Gasteiger partial charge is 0.0827 e. The van der Waals surface area contributed by atoms with Crippen LogP contribution in [0.4, 0.5) is 0 Å². The maximum atomic E-state index is 5.13. The van der Waals surface area contributed by atoms with Crippen LogP contribution in [0.1, 0.15) is 6.92 Å². The van der Waals surface area contributed by atoms with Crippen molar-refractivity contribution in [3.05, 3.63) is 0 Å². The van der Waals surface area contributed by atoms with Crippen LogP contribution >= 0.6 is 26.9 Å². The Bertz CT molecular complexity index is 45.8. The third-order valence-electron chi connectivity index (χ3n) is 0.600. The van der Waals surface area contributed by atoms with Crippen LogP contribution < -0.4 is 0 Å². The third-order valence-corrected chi connectivity index (χ3v) is 1.74. The molecule has 0 amide bonds. The number of rotatable bonds is 4. The predicted molar refractivity (Wildman–Crippen MR) is 44.2 cm³/mol. The fourth-order valence-corrected chi connectivity index (χ4v) is 1.55. The SMILES string of the molecule is C[C@H](COP)OPP. The van der Waals surface area contributed by atoms with E-state index in [1.54, 1.807) is 0 Å². The van der Waals surface area contributed by atoms with Crippen molar-refractivity contribution >= 4 is 26.9 Å². The Morgan fingerprint density at radius 1 is 1.75 bits per heavy atom. The summed E-state index contributed by atoms with van der Waals surface area (Å²) in [5.41, 5.74) is 0. The van der Waals surface area contributed by atoms with E-state index in [2.05, 4.69) is 18.4 Å². The zero-order valence-corrected chi connectivity index (χ0v) is 8.07. The van der Waals surface area contributed by atoms with Crippen LogP contribution in [0.2, 0.25) is 0 Å². The quantitative estimate of drug-likeness (QED) is 0.599. The van der Waals surface area contributed by atoms with Gasteiger partial charge in [0, 0.05) is 18.0 Å². The van der Waals surface area contributed by atoms with Gasteiger partial charge in [0.1, 0.15) is 0 Å². The lowest BCUT2D eigenvalue weighted by atomic mass is 10.5. The first-order valence-corrected chi connectivity index (χ1v) is 5.43. The number of hydrogen-bond acceptors (Lipinski definition) is 2. The van der Waals surface area contributed by atoms with Gasteiger partial charge < -0.3 is 9.05 Å². The van der Waals surface area contributed by atoms with E-state index in [9.17, 15) is 0 Å². The molecule has 0 saturated carbocycles. The van der Waals surface area contributed by atoms with E-state index in [4.69, 9.17) is 9.05 Å². The van der Waals surface area contributed by atoms with Gasteiger partial charge in [0.15, 0.2) is 0 Å². The van der Waals surface area contributed by atoms with Crippen molar-refractivity contribution in [1.29, 1.82) is 0 Å². The summed E-state index contributed by atoms with van der Waals surface area (Å²) in [6.07, 6.45) is 0.211. The first kappa shape index (κ1) is 9.21. The summed E-state index contributed by atoms with van der Waals surface area (Å²) in [6, 6.07) is 0. The normalized spacial score (nSPS) is 15.4. The van der Waals surface area contributed by atoms with E-state index in [1.165, 1.54) is 0 Å². The molecule has 4 atom stereocenters. The average Bonchev–Trinajstić information content (AvgIpc) is 1.68. The Kier molecular flexibility index (Phi) is 7.29. The average molecular weight is 172 g/mol. The van der Waals surface area contributed by atoms with E-state index in [0.29, 0.717) is 15.1 Å². The number of hydrogen-bond donors (Lipinski definition) is 0. The van der Waals surface area contributed by atoms with Gasteiger partial charge in [-0.2, -0.15) is 0 Å². The largest absolute Gasteiger partial charge is 0.363 e. The first-order chi connectivity index (χ1) is 3.81. The van der Waals surface area contributed by atoms with Crippen LogP contribution in [0.5, 0.6) is 0 Å². The molecule has 2 nitrogen and oxygen atoms in total. The summed E-state index contributed by atoms with van der Waals surface area (Å²) in [6.45, 7) is 2.62. The van der Waals surface area contributed by atoms with Gasteiger partial charge in [-0.25, -0.2) is 0 Å². The highest BCUT2D eigenvalue weighted by Gasteiger charge is 1.96. The van der Waals surface area contributed by atoms with E-state index < -0.39 is 0 Å². The van der Waals surface area contributed by atoms with Gasteiger partial charge in [0.2, 0.25) is 0 Å². The van der Waals surface area contributed by atoms with Gasteiger partial charge in [0.25, 0.3) is 0 Å². The van der Waals surface area contributed by atoms with E-state index in [0.717, 1.165) is 0 Å². The fraction of sp³-hybridized carbons (Fsp3) is 1.00. The minimum Gasteiger partial charge on any atom is -0.363 e. The molecule has 0 aromatic rings. The second kappa shape index (κ2) is 6.33. The molecule has 0 aliphatic carbocycles. The Hall–Kier alpha value is 1.21. The molecule has 0 aromatic carbocycles. The second-order valence-corrected chi connectivity index (χ2v) is 2.89. The zero-order valence-electron chi connectivity index (χ0n) is 4.76. The summed E-state index contributed by atoms with van der Waals surface area (Å²) in [5, 5.41) is 0. The molecule has 0 bridgehead atoms. The molecule has 0 saturated heterocycles. The minimum absolute atomic E-state index is 0.211. The first-order valence-electron chi connectivity index (χ1n) is 2.24. The van der Waals surface area contributed by atoms with Crippen molar-refractivity contribution in [3.8, 4) is 0 Å². The molecular formula is C3H11O2P3. The van der Waals surface area contributed by atoms with Gasteiger partial charge in [-0.1, -0.05) is 8.93 Å². The monoisotopic (exact) mass is 172 g/mol. The molecule has 0 rings (SSSR count). The van der Waals surface area contributed by atoms with Gasteiger partial charge in [0.05, 0.1) is 12.7 Å². The maximum Gasteiger partial charge on any atom is 0.0827 e. The molecule has 0 N–H and O–H groups in total. The molecule has 5 heteroatoms. The highest BCUT2D eigenvalue weighted by molar-refractivity contribution is 8.00. The Morgan fingerprint density at radius 2 is 2.38 bits per heavy atom. The van der Waals surface area contributed by atoms with Crippen molar-refractivity contribution in [2.45, 2.75) is 13.0 Å². The van der Waals surface area contributed by atoms with Crippen molar-refractivity contribution < 1.29 is 9.05 Å². The third kappa shape index (κ3) is 5.35. The van der Waals surface area contributed by atoms with Crippen LogP contribution in [0.15, 0.2) is 0 Å². The highest BCUT2D eigenvalue weighted by atomic mass is 32.0. The lowest BCUT2D eigenvalue weighted by molar-refractivity contribution is 0.179. The van der Waals surface area contributed by atoms with Crippen LogP contribution in [-0.2, 0) is 9.05 Å². The summed E-state index contributed by atoms with van der Waals surface area (Å²) in [7, 11) is 5.18. The summed E-state index contributed by atoms with van der Waals surface area (Å²) >= 11 is 0. The van der Waals surface area contributed by atoms with E-state index in [-0.39, 0.29) is 6.10 Å². The maximum absolute atomic E-state index is 5.13. The van der Waals surface area contributed by atoms with Gasteiger partial charge >= 0.3 is 0 Å². The van der Waals surface area contributed by atoms with Crippen LogP contribution in [0.3, 0.4) is 0 Å². The Morgan fingerprint density at radius 3 is 2.75 bits per heavy atom. The van der Waals surface area contributed by atoms with Crippen molar-refractivity contribution in [2.75, 3.05) is 6.61 Å². The summed E-state index contributed by atoms with van der Waals surface area (Å²) < 4.78 is 9.88. The molecule has 0 heterocycles. The van der Waals surface area contributed by atoms with Crippen LogP contribution in [0.25, 0.3) is 0 Å². The summed E-state index contributed by atoms with van der Waals surface area (Å²) in [5.74, 6) is 0. The fourth-order valence-electron chi connectivity index (χ4n) is 0.286. The van der Waals surface area contributed by atoms with Crippen molar-refractivity contribution in [2.24, 2.45) is 0 Å². The Balaban J connectivity index is 2.92. The van der Waals surface area contributed by atoms with E-state index in [1.807, 2.05) is 6.92 Å². The standard InChI is InChI=1S/C3H11O2P3/c1-3(2-4-6)5-8-7/h3,8H,2,6-7H2,1H3/t3-/m1/s1. The van der Waals surface area contributed by atoms with Gasteiger partial charge in [-0.05, 0) is 6.92 Å². The molecule has 0 fully saturated rings. The van der Waals surface area contributed by atoms with Crippen LogP contribution in [0, 0.1) is 0 Å². The minimum atomic E-state index is 0.211. The molecule has 0 spiro atoms. The zero-order chi connectivity index (χ0) is 6.41. The topological polar surface area (TPSA) is 18.5 Å². The van der Waals surface area contributed by atoms with E-state index >= 15 is 0 Å². The molecule has 8 heavy (non-hydrogen) atoms. The molecule has 0 aromatic heterocycles. The van der Waals surface area contributed by atoms with Crippen LogP contribution in [-0.4, -0.2) is 12.7 Å². The van der Waals surface area contributed by atoms with Crippen molar-refractivity contribution in [1.82, 2.24) is 0 Å². The molecule has 0 aliphatic heterocycles.